The standard InChI is InChI=1S/C13H18N4/c1-9(2)7-17-8-15-16-13(17)11-6-4-5-10(3)12(11)14/h4-6,8-9H,7,14H2,1-3H3. The Bertz CT molecular complexity index is 514. The van der Waals surface area contributed by atoms with Gasteiger partial charge in [0.05, 0.1) is 0 Å². The van der Waals surface area contributed by atoms with E-state index in [9.17, 15) is 0 Å². The van der Waals surface area contributed by atoms with E-state index in [2.05, 4.69) is 28.6 Å². The Morgan fingerprint density at radius 1 is 1.35 bits per heavy atom. The Kier molecular flexibility index (Phi) is 3.13. The van der Waals surface area contributed by atoms with Crippen molar-refractivity contribution in [1.29, 1.82) is 0 Å². The van der Waals surface area contributed by atoms with Gasteiger partial charge in [0.15, 0.2) is 5.82 Å². The van der Waals surface area contributed by atoms with E-state index in [-0.39, 0.29) is 0 Å². The number of hydrogen-bond acceptors (Lipinski definition) is 3. The van der Waals surface area contributed by atoms with Gasteiger partial charge in [0.2, 0.25) is 0 Å². The summed E-state index contributed by atoms with van der Waals surface area (Å²) in [5.74, 6) is 1.40. The number of nitrogens with two attached hydrogens (primary N) is 1. The fraction of sp³-hybridized carbons (Fsp3) is 0.385. The zero-order valence-electron chi connectivity index (χ0n) is 10.5. The maximum absolute atomic E-state index is 6.09. The lowest BCUT2D eigenvalue weighted by molar-refractivity contribution is 0.525. The number of aryl methyl sites for hydroxylation is 1. The fourth-order valence-corrected chi connectivity index (χ4v) is 1.87. The molecule has 0 atom stereocenters. The molecule has 0 spiro atoms. The van der Waals surface area contributed by atoms with Crippen molar-refractivity contribution in [3.8, 4) is 11.4 Å². The number of nitrogens with zero attached hydrogens (tertiary/aromatic N) is 3. The van der Waals surface area contributed by atoms with Crippen molar-refractivity contribution in [2.75, 3.05) is 5.73 Å². The number of nitrogen functional groups attached to an aromatic ring is 1. The van der Waals surface area contributed by atoms with E-state index in [1.807, 2.05) is 25.1 Å². The zero-order valence-corrected chi connectivity index (χ0v) is 10.5. The highest BCUT2D eigenvalue weighted by molar-refractivity contribution is 5.74. The molecule has 0 saturated heterocycles. The minimum Gasteiger partial charge on any atom is -0.398 e. The molecule has 0 aliphatic carbocycles. The van der Waals surface area contributed by atoms with E-state index in [1.54, 1.807) is 6.33 Å². The third-order valence-corrected chi connectivity index (χ3v) is 2.74. The predicted octanol–water partition coefficient (Wildman–Crippen LogP) is 2.49. The molecule has 0 bridgehead atoms. The van der Waals surface area contributed by atoms with E-state index in [1.165, 1.54) is 0 Å². The summed E-state index contributed by atoms with van der Waals surface area (Å²) >= 11 is 0. The molecular formula is C13H18N4. The zero-order chi connectivity index (χ0) is 12.4. The summed E-state index contributed by atoms with van der Waals surface area (Å²) < 4.78 is 2.05. The van der Waals surface area contributed by atoms with Crippen LogP contribution in [0.4, 0.5) is 5.69 Å². The molecule has 4 heteroatoms. The van der Waals surface area contributed by atoms with E-state index in [4.69, 9.17) is 5.73 Å². The number of hydrogen-bond donors (Lipinski definition) is 1. The monoisotopic (exact) mass is 230 g/mol. The van der Waals surface area contributed by atoms with Gasteiger partial charge in [-0.2, -0.15) is 0 Å². The molecule has 0 aliphatic heterocycles. The van der Waals surface area contributed by atoms with Crippen LogP contribution < -0.4 is 5.73 Å². The highest BCUT2D eigenvalue weighted by Crippen LogP contribution is 2.26. The Morgan fingerprint density at radius 2 is 2.12 bits per heavy atom. The first-order valence-corrected chi connectivity index (χ1v) is 5.83. The third kappa shape index (κ3) is 2.30. The summed E-state index contributed by atoms with van der Waals surface area (Å²) in [5.41, 5.74) is 8.91. The van der Waals surface area contributed by atoms with Crippen LogP contribution in [0.2, 0.25) is 0 Å². The summed E-state index contributed by atoms with van der Waals surface area (Å²) in [5, 5.41) is 8.15. The lowest BCUT2D eigenvalue weighted by Crippen LogP contribution is -2.06. The van der Waals surface area contributed by atoms with Gasteiger partial charge in [-0.15, -0.1) is 10.2 Å². The van der Waals surface area contributed by atoms with Crippen LogP contribution >= 0.6 is 0 Å². The van der Waals surface area contributed by atoms with Crippen molar-refractivity contribution in [1.82, 2.24) is 14.8 Å². The van der Waals surface area contributed by atoms with Gasteiger partial charge >= 0.3 is 0 Å². The molecule has 0 saturated carbocycles. The van der Waals surface area contributed by atoms with Crippen molar-refractivity contribution >= 4 is 5.69 Å². The van der Waals surface area contributed by atoms with Gasteiger partial charge in [-0.25, -0.2) is 0 Å². The maximum atomic E-state index is 6.09. The summed E-state index contributed by atoms with van der Waals surface area (Å²) in [6.45, 7) is 7.24. The van der Waals surface area contributed by atoms with Gasteiger partial charge in [0.25, 0.3) is 0 Å². The number of aromatic nitrogens is 3. The second kappa shape index (κ2) is 4.57. The molecule has 1 aromatic carbocycles. The number of anilines is 1. The number of benzene rings is 1. The van der Waals surface area contributed by atoms with Crippen LogP contribution in [0, 0.1) is 12.8 Å². The van der Waals surface area contributed by atoms with E-state index < -0.39 is 0 Å². The van der Waals surface area contributed by atoms with E-state index in [0.29, 0.717) is 5.92 Å². The van der Waals surface area contributed by atoms with Crippen LogP contribution in [0.5, 0.6) is 0 Å². The molecular weight excluding hydrogens is 212 g/mol. The Balaban J connectivity index is 2.46. The first-order valence-electron chi connectivity index (χ1n) is 5.83. The Hall–Kier alpha value is -1.84. The lowest BCUT2D eigenvalue weighted by Gasteiger charge is -2.11. The summed E-state index contributed by atoms with van der Waals surface area (Å²) in [6, 6.07) is 5.99. The Morgan fingerprint density at radius 3 is 2.82 bits per heavy atom. The van der Waals surface area contributed by atoms with Crippen molar-refractivity contribution in [3.05, 3.63) is 30.1 Å². The van der Waals surface area contributed by atoms with Gasteiger partial charge < -0.3 is 10.3 Å². The second-order valence-corrected chi connectivity index (χ2v) is 4.74. The molecule has 1 aromatic heterocycles. The van der Waals surface area contributed by atoms with Crippen LogP contribution in [-0.4, -0.2) is 14.8 Å². The molecule has 17 heavy (non-hydrogen) atoms. The molecule has 0 radical (unpaired) electrons. The summed E-state index contributed by atoms with van der Waals surface area (Å²) in [4.78, 5) is 0. The van der Waals surface area contributed by atoms with Crippen molar-refractivity contribution < 1.29 is 0 Å². The highest BCUT2D eigenvalue weighted by Gasteiger charge is 2.12. The van der Waals surface area contributed by atoms with Gasteiger partial charge in [-0.05, 0) is 24.5 Å². The third-order valence-electron chi connectivity index (χ3n) is 2.74. The average Bonchev–Trinajstić information content (AvgIpc) is 2.69. The molecule has 2 rings (SSSR count). The molecule has 0 aliphatic rings. The van der Waals surface area contributed by atoms with Crippen molar-refractivity contribution in [2.24, 2.45) is 5.92 Å². The topological polar surface area (TPSA) is 56.7 Å². The van der Waals surface area contributed by atoms with Gasteiger partial charge in [0, 0.05) is 17.8 Å². The fourth-order valence-electron chi connectivity index (χ4n) is 1.87. The largest absolute Gasteiger partial charge is 0.398 e. The molecule has 90 valence electrons. The van der Waals surface area contributed by atoms with Gasteiger partial charge in [0.1, 0.15) is 6.33 Å². The molecule has 1 heterocycles. The van der Waals surface area contributed by atoms with Gasteiger partial charge in [-0.1, -0.05) is 26.0 Å². The minimum absolute atomic E-state index is 0.552. The summed E-state index contributed by atoms with van der Waals surface area (Å²) in [6.07, 6.45) is 1.76. The normalized spacial score (nSPS) is 11.1. The highest BCUT2D eigenvalue weighted by atomic mass is 15.3. The Labute approximate surface area is 101 Å². The SMILES string of the molecule is Cc1cccc(-c2nncn2CC(C)C)c1N. The molecule has 0 amide bonds. The second-order valence-electron chi connectivity index (χ2n) is 4.74. The van der Waals surface area contributed by atoms with Crippen LogP contribution in [-0.2, 0) is 6.54 Å². The van der Waals surface area contributed by atoms with Crippen molar-refractivity contribution in [3.63, 3.8) is 0 Å². The molecule has 0 fully saturated rings. The maximum Gasteiger partial charge on any atom is 0.165 e. The molecule has 2 aromatic rings. The average molecular weight is 230 g/mol. The minimum atomic E-state index is 0.552. The van der Waals surface area contributed by atoms with Crippen LogP contribution in [0.3, 0.4) is 0 Å². The quantitative estimate of drug-likeness (QED) is 0.824. The van der Waals surface area contributed by atoms with Crippen LogP contribution in [0.1, 0.15) is 19.4 Å². The predicted molar refractivity (Wildman–Crippen MR) is 69.4 cm³/mol. The van der Waals surface area contributed by atoms with Crippen LogP contribution in [0.15, 0.2) is 24.5 Å². The first kappa shape index (κ1) is 11.6. The molecule has 2 N–H and O–H groups in total. The molecule has 0 unspecified atom stereocenters. The van der Waals surface area contributed by atoms with Crippen LogP contribution in [0.25, 0.3) is 11.4 Å². The number of rotatable bonds is 3. The van der Waals surface area contributed by atoms with Crippen molar-refractivity contribution in [2.45, 2.75) is 27.3 Å². The van der Waals surface area contributed by atoms with E-state index >= 15 is 0 Å². The smallest absolute Gasteiger partial charge is 0.165 e. The molecule has 4 nitrogen and oxygen atoms in total. The van der Waals surface area contributed by atoms with Gasteiger partial charge in [-0.3, -0.25) is 0 Å². The lowest BCUT2D eigenvalue weighted by atomic mass is 10.1. The number of para-hydroxylation sites is 1. The first-order chi connectivity index (χ1) is 8.09. The van der Waals surface area contributed by atoms with E-state index in [0.717, 1.165) is 29.2 Å². The summed E-state index contributed by atoms with van der Waals surface area (Å²) in [7, 11) is 0.